The van der Waals surface area contributed by atoms with Gasteiger partial charge in [0.25, 0.3) is 0 Å². The summed E-state index contributed by atoms with van der Waals surface area (Å²) in [6.45, 7) is 4.06. The lowest BCUT2D eigenvalue weighted by Gasteiger charge is -2.23. The summed E-state index contributed by atoms with van der Waals surface area (Å²) in [5, 5.41) is 3.14. The fraction of sp³-hybridized carbons (Fsp3) is 0.208. The van der Waals surface area contributed by atoms with Crippen LogP contribution >= 0.6 is 11.8 Å². The van der Waals surface area contributed by atoms with Gasteiger partial charge in [0, 0.05) is 5.75 Å². The summed E-state index contributed by atoms with van der Waals surface area (Å²) >= 11 is 1.66. The van der Waals surface area contributed by atoms with Gasteiger partial charge in [0.15, 0.2) is 0 Å². The molecule has 3 rings (SSSR count). The van der Waals surface area contributed by atoms with Gasteiger partial charge < -0.3 is 5.32 Å². The molecule has 0 saturated carbocycles. The van der Waals surface area contributed by atoms with Crippen LogP contribution in [0.25, 0.3) is 0 Å². The van der Waals surface area contributed by atoms with Crippen molar-refractivity contribution in [3.8, 4) is 0 Å². The molecule has 0 bridgehead atoms. The summed E-state index contributed by atoms with van der Waals surface area (Å²) in [5.41, 5.74) is 4.65. The lowest BCUT2D eigenvalue weighted by molar-refractivity contribution is -0.120. The second-order valence-corrected chi connectivity index (χ2v) is 7.98. The molecule has 0 heterocycles. The lowest BCUT2D eigenvalue weighted by atomic mass is 9.95. The zero-order valence-electron chi connectivity index (χ0n) is 15.8. The molecule has 2 atom stereocenters. The molecule has 0 aliphatic rings. The third-order valence-electron chi connectivity index (χ3n) is 4.63. The predicted molar refractivity (Wildman–Crippen MR) is 115 cm³/mol. The Bertz CT molecular complexity index is 864. The monoisotopic (exact) mass is 375 g/mol. The first-order chi connectivity index (χ1) is 13.1. The summed E-state index contributed by atoms with van der Waals surface area (Å²) in [6, 6.07) is 28.5. The first-order valence-corrected chi connectivity index (χ1v) is 10.3. The molecular formula is C24H25NOS. The van der Waals surface area contributed by atoms with E-state index in [0.29, 0.717) is 0 Å². The van der Waals surface area contributed by atoms with Crippen molar-refractivity contribution in [3.05, 3.63) is 107 Å². The first kappa shape index (κ1) is 19.2. The average molecular weight is 376 g/mol. The van der Waals surface area contributed by atoms with Crippen LogP contribution in [-0.4, -0.2) is 11.2 Å². The molecule has 0 saturated heterocycles. The van der Waals surface area contributed by atoms with Crippen LogP contribution in [0.5, 0.6) is 0 Å². The molecule has 3 aromatic carbocycles. The third kappa shape index (κ3) is 5.24. The molecule has 0 aliphatic carbocycles. The van der Waals surface area contributed by atoms with Gasteiger partial charge in [0.2, 0.25) is 5.91 Å². The van der Waals surface area contributed by atoms with Crippen LogP contribution in [0.2, 0.25) is 0 Å². The van der Waals surface area contributed by atoms with E-state index in [0.717, 1.165) is 16.9 Å². The van der Waals surface area contributed by atoms with Gasteiger partial charge in [-0.1, -0.05) is 84.9 Å². The number of benzene rings is 3. The summed E-state index contributed by atoms with van der Waals surface area (Å²) in [5.74, 6) is 0.892. The summed E-state index contributed by atoms with van der Waals surface area (Å²) in [4.78, 5) is 12.9. The molecule has 0 aliphatic heterocycles. The van der Waals surface area contributed by atoms with E-state index in [2.05, 4.69) is 48.6 Å². The van der Waals surface area contributed by atoms with Crippen molar-refractivity contribution in [3.63, 3.8) is 0 Å². The van der Waals surface area contributed by atoms with Gasteiger partial charge in [-0.05, 0) is 36.1 Å². The Morgan fingerprint density at radius 2 is 1.48 bits per heavy atom. The number of aryl methyl sites for hydroxylation is 1. The highest BCUT2D eigenvalue weighted by molar-refractivity contribution is 7.99. The van der Waals surface area contributed by atoms with Crippen molar-refractivity contribution < 1.29 is 4.79 Å². The van der Waals surface area contributed by atoms with Crippen LogP contribution in [0.1, 0.15) is 35.2 Å². The molecule has 0 aromatic heterocycles. The van der Waals surface area contributed by atoms with E-state index in [9.17, 15) is 4.79 Å². The molecule has 3 aromatic rings. The fourth-order valence-electron chi connectivity index (χ4n) is 3.03. The Labute approximate surface area is 166 Å². The van der Waals surface area contributed by atoms with Gasteiger partial charge >= 0.3 is 0 Å². The number of carbonyl (C=O) groups excluding carboxylic acids is 1. The zero-order valence-corrected chi connectivity index (χ0v) is 16.6. The minimum Gasteiger partial charge on any atom is -0.344 e. The van der Waals surface area contributed by atoms with E-state index in [1.165, 1.54) is 11.1 Å². The molecule has 3 heteroatoms. The number of amides is 1. The molecule has 0 unspecified atom stereocenters. The smallest absolute Gasteiger partial charge is 0.233 e. The van der Waals surface area contributed by atoms with Crippen molar-refractivity contribution in [2.24, 2.45) is 0 Å². The van der Waals surface area contributed by atoms with E-state index in [4.69, 9.17) is 0 Å². The SMILES string of the molecule is Cc1ccccc1[C@@H](NC(=O)[C@@H](C)SCc1ccccc1)c1ccccc1. The number of thioether (sulfide) groups is 1. The van der Waals surface area contributed by atoms with E-state index in [1.54, 1.807) is 11.8 Å². The van der Waals surface area contributed by atoms with Gasteiger partial charge in [0.1, 0.15) is 0 Å². The Balaban J connectivity index is 1.73. The maximum atomic E-state index is 12.9. The number of carbonyl (C=O) groups is 1. The quantitative estimate of drug-likeness (QED) is 0.589. The number of hydrogen-bond donors (Lipinski definition) is 1. The topological polar surface area (TPSA) is 29.1 Å². The van der Waals surface area contributed by atoms with Crippen LogP contribution in [0.4, 0.5) is 0 Å². The Morgan fingerprint density at radius 3 is 2.15 bits per heavy atom. The molecule has 2 nitrogen and oxygen atoms in total. The van der Waals surface area contributed by atoms with Gasteiger partial charge in [-0.15, -0.1) is 11.8 Å². The van der Waals surface area contributed by atoms with E-state index in [-0.39, 0.29) is 17.2 Å². The molecule has 27 heavy (non-hydrogen) atoms. The van der Waals surface area contributed by atoms with E-state index >= 15 is 0 Å². The zero-order chi connectivity index (χ0) is 19.1. The maximum absolute atomic E-state index is 12.9. The summed E-state index contributed by atoms with van der Waals surface area (Å²) < 4.78 is 0. The molecule has 0 spiro atoms. The van der Waals surface area contributed by atoms with Crippen molar-refractivity contribution >= 4 is 17.7 Å². The van der Waals surface area contributed by atoms with E-state index in [1.807, 2.05) is 55.5 Å². The number of nitrogens with one attached hydrogen (secondary N) is 1. The van der Waals surface area contributed by atoms with Crippen molar-refractivity contribution in [1.82, 2.24) is 5.32 Å². The minimum absolute atomic E-state index is 0.0630. The highest BCUT2D eigenvalue weighted by Crippen LogP contribution is 2.26. The van der Waals surface area contributed by atoms with E-state index < -0.39 is 0 Å². The van der Waals surface area contributed by atoms with Gasteiger partial charge in [-0.25, -0.2) is 0 Å². The first-order valence-electron chi connectivity index (χ1n) is 9.21. The fourth-order valence-corrected chi connectivity index (χ4v) is 3.88. The Morgan fingerprint density at radius 1 is 0.889 bits per heavy atom. The van der Waals surface area contributed by atoms with Crippen molar-refractivity contribution in [2.45, 2.75) is 30.9 Å². The van der Waals surface area contributed by atoms with Crippen LogP contribution < -0.4 is 5.32 Å². The second-order valence-electron chi connectivity index (χ2n) is 6.65. The largest absolute Gasteiger partial charge is 0.344 e. The highest BCUT2D eigenvalue weighted by atomic mass is 32.2. The third-order valence-corrected chi connectivity index (χ3v) is 5.85. The van der Waals surface area contributed by atoms with Gasteiger partial charge in [-0.2, -0.15) is 0 Å². The highest BCUT2D eigenvalue weighted by Gasteiger charge is 2.21. The number of hydrogen-bond acceptors (Lipinski definition) is 2. The molecule has 138 valence electrons. The molecular weight excluding hydrogens is 350 g/mol. The summed E-state index contributed by atoms with van der Waals surface area (Å²) in [6.07, 6.45) is 0. The number of rotatable bonds is 7. The Hall–Kier alpha value is -2.52. The maximum Gasteiger partial charge on any atom is 0.233 e. The second kappa shape index (κ2) is 9.43. The van der Waals surface area contributed by atoms with Gasteiger partial charge in [-0.3, -0.25) is 4.79 Å². The van der Waals surface area contributed by atoms with Gasteiger partial charge in [0.05, 0.1) is 11.3 Å². The molecule has 1 amide bonds. The van der Waals surface area contributed by atoms with Crippen LogP contribution in [-0.2, 0) is 10.5 Å². The van der Waals surface area contributed by atoms with Crippen molar-refractivity contribution in [2.75, 3.05) is 0 Å². The molecule has 1 N–H and O–H groups in total. The van der Waals surface area contributed by atoms with Crippen LogP contribution in [0, 0.1) is 6.92 Å². The normalized spacial score (nSPS) is 13.0. The van der Waals surface area contributed by atoms with Crippen LogP contribution in [0.15, 0.2) is 84.9 Å². The molecule has 0 fully saturated rings. The molecule has 0 radical (unpaired) electrons. The standard InChI is InChI=1S/C24H25NOS/c1-18-11-9-10-16-22(18)23(21-14-7-4-8-15-21)25-24(26)19(2)27-17-20-12-5-3-6-13-20/h3-16,19,23H,17H2,1-2H3,(H,25,26)/t19-,23+/m1/s1. The minimum atomic E-state index is -0.139. The average Bonchev–Trinajstić information content (AvgIpc) is 2.72. The predicted octanol–water partition coefficient (Wildman–Crippen LogP) is 5.52. The van der Waals surface area contributed by atoms with Crippen molar-refractivity contribution in [1.29, 1.82) is 0 Å². The summed E-state index contributed by atoms with van der Waals surface area (Å²) in [7, 11) is 0. The lowest BCUT2D eigenvalue weighted by Crippen LogP contribution is -2.35. The van der Waals surface area contributed by atoms with Crippen LogP contribution in [0.3, 0.4) is 0 Å². The Kier molecular flexibility index (Phi) is 6.72.